The molecule has 0 aliphatic carbocycles. The molecule has 2 aliphatic rings. The van der Waals surface area contributed by atoms with Crippen molar-refractivity contribution in [2.24, 2.45) is 0 Å². The van der Waals surface area contributed by atoms with Gasteiger partial charge in [-0.15, -0.1) is 6.58 Å². The lowest BCUT2D eigenvalue weighted by atomic mass is 10.1. The number of rotatable bonds is 5. The number of ether oxygens (including phenoxy) is 1. The van der Waals surface area contributed by atoms with Crippen LogP contribution in [0.1, 0.15) is 12.1 Å². The first-order valence-corrected chi connectivity index (χ1v) is 11.2. The summed E-state index contributed by atoms with van der Waals surface area (Å²) in [7, 11) is 0. The first-order valence-electron chi connectivity index (χ1n) is 11.2. The van der Waals surface area contributed by atoms with Gasteiger partial charge < -0.3 is 20.1 Å². The van der Waals surface area contributed by atoms with Gasteiger partial charge in [-0.25, -0.2) is 14.4 Å². The van der Waals surface area contributed by atoms with Gasteiger partial charge in [-0.3, -0.25) is 14.8 Å². The number of carboxylic acids is 3. The number of hydrogen-bond acceptors (Lipinski definition) is 7. The second-order valence-corrected chi connectivity index (χ2v) is 8.09. The van der Waals surface area contributed by atoms with E-state index in [0.717, 1.165) is 39.1 Å². The zero-order valence-electron chi connectivity index (χ0n) is 20.9. The van der Waals surface area contributed by atoms with Crippen LogP contribution in [0.4, 0.5) is 39.5 Å². The number of carboxylic acid groups (broad SMARTS) is 3. The van der Waals surface area contributed by atoms with E-state index in [2.05, 4.69) is 33.5 Å². The predicted octanol–water partition coefficient (Wildman–Crippen LogP) is 3.44. The Hall–Kier alpha value is -3.45. The third-order valence-corrected chi connectivity index (χ3v) is 4.95. The smallest absolute Gasteiger partial charge is 0.475 e. The molecule has 0 amide bonds. The van der Waals surface area contributed by atoms with E-state index in [0.29, 0.717) is 18.8 Å². The highest BCUT2D eigenvalue weighted by molar-refractivity contribution is 5.73. The van der Waals surface area contributed by atoms with E-state index in [9.17, 15) is 39.5 Å². The summed E-state index contributed by atoms with van der Waals surface area (Å²) in [6.07, 6.45) is -10.0. The highest BCUT2D eigenvalue weighted by Gasteiger charge is 2.39. The topological polar surface area (TPSA) is 140 Å². The van der Waals surface area contributed by atoms with Gasteiger partial charge in [-0.05, 0) is 18.6 Å². The van der Waals surface area contributed by atoms with Gasteiger partial charge in [0.15, 0.2) is 0 Å². The molecule has 10 nitrogen and oxygen atoms in total. The van der Waals surface area contributed by atoms with Crippen LogP contribution in [0.5, 0.6) is 0 Å². The second-order valence-electron chi connectivity index (χ2n) is 8.09. The number of halogens is 9. The van der Waals surface area contributed by atoms with Crippen LogP contribution in [-0.4, -0.2) is 111 Å². The summed E-state index contributed by atoms with van der Waals surface area (Å²) >= 11 is 0. The first-order chi connectivity index (χ1) is 18.7. The Morgan fingerprint density at radius 3 is 1.78 bits per heavy atom. The summed E-state index contributed by atoms with van der Waals surface area (Å²) in [5.74, 6) is -8.27. The number of pyridine rings is 1. The van der Waals surface area contributed by atoms with Crippen LogP contribution in [0.2, 0.25) is 0 Å². The molecule has 1 aromatic heterocycles. The Kier molecular flexibility index (Phi) is 15.3. The molecule has 3 rings (SSSR count). The molecule has 2 atom stereocenters. The highest BCUT2D eigenvalue weighted by atomic mass is 19.4. The summed E-state index contributed by atoms with van der Waals surface area (Å²) < 4.78 is 101. The van der Waals surface area contributed by atoms with Crippen molar-refractivity contribution in [2.75, 3.05) is 32.8 Å². The molecular weight excluding hydrogens is 589 g/mol. The van der Waals surface area contributed by atoms with Crippen molar-refractivity contribution in [3.63, 3.8) is 0 Å². The number of fused-ring (bicyclic) bond motifs is 1. The van der Waals surface area contributed by atoms with Crippen LogP contribution in [0.25, 0.3) is 0 Å². The summed E-state index contributed by atoms with van der Waals surface area (Å²) in [4.78, 5) is 36.2. The van der Waals surface area contributed by atoms with E-state index in [1.165, 1.54) is 5.69 Å². The van der Waals surface area contributed by atoms with E-state index in [1.54, 1.807) is 0 Å². The predicted molar refractivity (Wildman–Crippen MR) is 121 cm³/mol. The number of alkyl halides is 9. The van der Waals surface area contributed by atoms with Crippen molar-refractivity contribution in [3.05, 3.63) is 42.7 Å². The quantitative estimate of drug-likeness (QED) is 0.333. The van der Waals surface area contributed by atoms with Gasteiger partial charge in [0.25, 0.3) is 0 Å². The zero-order valence-corrected chi connectivity index (χ0v) is 20.9. The number of aromatic nitrogens is 1. The van der Waals surface area contributed by atoms with Crippen molar-refractivity contribution in [3.8, 4) is 0 Å². The van der Waals surface area contributed by atoms with Gasteiger partial charge >= 0.3 is 36.4 Å². The van der Waals surface area contributed by atoms with E-state index in [1.807, 2.05) is 18.3 Å². The third-order valence-electron chi connectivity index (χ3n) is 4.95. The minimum Gasteiger partial charge on any atom is -0.475 e. The van der Waals surface area contributed by atoms with Crippen LogP contribution in [0.15, 0.2) is 37.1 Å². The molecule has 2 unspecified atom stereocenters. The molecule has 3 N–H and O–H groups in total. The van der Waals surface area contributed by atoms with Crippen molar-refractivity contribution in [2.45, 2.75) is 43.6 Å². The fourth-order valence-electron chi connectivity index (χ4n) is 3.25. The van der Waals surface area contributed by atoms with Crippen molar-refractivity contribution in [1.29, 1.82) is 0 Å². The summed E-state index contributed by atoms with van der Waals surface area (Å²) in [5.41, 5.74) is 1.17. The van der Waals surface area contributed by atoms with Crippen LogP contribution < -0.4 is 0 Å². The minimum atomic E-state index is -5.08. The Bertz CT molecular complexity index is 917. The Balaban J connectivity index is 0.000000631. The van der Waals surface area contributed by atoms with Crippen LogP contribution in [0, 0.1) is 0 Å². The van der Waals surface area contributed by atoms with Gasteiger partial charge in [-0.1, -0.05) is 12.1 Å². The average Bonchev–Trinajstić information content (AvgIpc) is 3.25. The molecule has 2 aliphatic heterocycles. The average molecular weight is 615 g/mol. The lowest BCUT2D eigenvalue weighted by Crippen LogP contribution is -2.49. The van der Waals surface area contributed by atoms with Gasteiger partial charge in [0.1, 0.15) is 0 Å². The Morgan fingerprint density at radius 1 is 0.902 bits per heavy atom. The van der Waals surface area contributed by atoms with E-state index in [-0.39, 0.29) is 0 Å². The molecule has 41 heavy (non-hydrogen) atoms. The molecule has 2 fully saturated rings. The summed E-state index contributed by atoms with van der Waals surface area (Å²) in [6, 6.07) is 6.78. The van der Waals surface area contributed by atoms with Crippen molar-refractivity contribution < 1.29 is 74.0 Å². The SMILES string of the molecule is C=CCOC1CC2CN(Cc3ccccn3)CCN2C1.O=C(O)C(F)(F)F.O=C(O)C(F)(F)F.O=C(O)C(F)(F)F. The monoisotopic (exact) mass is 615 g/mol. The molecule has 19 heteroatoms. The molecule has 1 aromatic rings. The van der Waals surface area contributed by atoms with Gasteiger partial charge in [0.05, 0.1) is 18.4 Å². The van der Waals surface area contributed by atoms with Crippen molar-refractivity contribution in [1.82, 2.24) is 14.8 Å². The van der Waals surface area contributed by atoms with E-state index in [4.69, 9.17) is 34.4 Å². The fraction of sp³-hybridized carbons (Fsp3) is 0.545. The molecule has 0 aromatic carbocycles. The molecule has 3 heterocycles. The van der Waals surface area contributed by atoms with Gasteiger partial charge in [-0.2, -0.15) is 39.5 Å². The molecule has 0 saturated carbocycles. The molecular formula is C22H26F9N3O7. The standard InChI is InChI=1S/C16H23N3O.3C2HF3O2/c1-2-9-20-16-10-15-12-18(7-8-19(15)13-16)11-14-5-3-4-6-17-14;3*3-2(4,5)1(6)7/h2-6,15-16H,1,7-13H2;3*(H,6,7). The van der Waals surface area contributed by atoms with Crippen molar-refractivity contribution >= 4 is 17.9 Å². The number of hydrogen-bond donors (Lipinski definition) is 3. The number of aliphatic carboxylic acids is 3. The highest BCUT2D eigenvalue weighted by Crippen LogP contribution is 2.24. The van der Waals surface area contributed by atoms with Crippen LogP contribution in [-0.2, 0) is 25.7 Å². The zero-order chi connectivity index (χ0) is 32.0. The number of nitrogens with zero attached hydrogens (tertiary/aromatic N) is 3. The maximum absolute atomic E-state index is 10.6. The maximum Gasteiger partial charge on any atom is 0.490 e. The summed E-state index contributed by atoms with van der Waals surface area (Å²) in [5, 5.41) is 21.4. The first kappa shape index (κ1) is 37.6. The molecule has 0 spiro atoms. The minimum absolute atomic E-state index is 0.382. The third kappa shape index (κ3) is 16.4. The lowest BCUT2D eigenvalue weighted by Gasteiger charge is -2.37. The molecule has 0 bridgehead atoms. The van der Waals surface area contributed by atoms with E-state index < -0.39 is 36.4 Å². The largest absolute Gasteiger partial charge is 0.490 e. The van der Waals surface area contributed by atoms with E-state index >= 15 is 0 Å². The number of piperazine rings is 1. The maximum atomic E-state index is 10.6. The van der Waals surface area contributed by atoms with Gasteiger partial charge in [0.2, 0.25) is 0 Å². The fourth-order valence-corrected chi connectivity index (χ4v) is 3.25. The Morgan fingerprint density at radius 2 is 1.39 bits per heavy atom. The second kappa shape index (κ2) is 16.7. The van der Waals surface area contributed by atoms with Gasteiger partial charge in [0, 0.05) is 45.0 Å². The molecule has 234 valence electrons. The molecule has 2 saturated heterocycles. The number of carbonyl (C=O) groups is 3. The Labute approximate surface area is 226 Å². The van der Waals surface area contributed by atoms with Crippen LogP contribution in [0.3, 0.4) is 0 Å². The van der Waals surface area contributed by atoms with Crippen LogP contribution >= 0.6 is 0 Å². The molecule has 0 radical (unpaired) electrons. The lowest BCUT2D eigenvalue weighted by molar-refractivity contribution is -0.193. The normalized spacial score (nSPS) is 19.1. The summed E-state index contributed by atoms with van der Waals surface area (Å²) in [6.45, 7) is 9.83.